The summed E-state index contributed by atoms with van der Waals surface area (Å²) in [6, 6.07) is -0.180. The number of carboxylic acid groups (broad SMARTS) is 1. The van der Waals surface area contributed by atoms with E-state index in [1.807, 2.05) is 4.90 Å². The number of amides is 1. The van der Waals surface area contributed by atoms with Crippen LogP contribution in [0.4, 0.5) is 0 Å². The van der Waals surface area contributed by atoms with E-state index in [1.54, 1.807) is 0 Å². The minimum Gasteiger partial charge on any atom is -0.481 e. The van der Waals surface area contributed by atoms with E-state index in [2.05, 4.69) is 0 Å². The highest BCUT2D eigenvalue weighted by molar-refractivity contribution is 5.81. The second kappa shape index (κ2) is 3.24. The van der Waals surface area contributed by atoms with Crippen LogP contribution < -0.4 is 5.73 Å². The number of aliphatic carboxylic acids is 1. The molecular weight excluding hydrogens is 184 g/mol. The van der Waals surface area contributed by atoms with E-state index in [0.717, 1.165) is 25.8 Å². The molecule has 1 aliphatic carbocycles. The van der Waals surface area contributed by atoms with Gasteiger partial charge in [0.25, 0.3) is 0 Å². The fourth-order valence-electron chi connectivity index (χ4n) is 2.28. The molecule has 2 aliphatic rings. The Labute approximate surface area is 81.9 Å². The number of nitrogens with zero attached hydrogens (tertiary/aromatic N) is 1. The number of carbonyl (C=O) groups excluding carboxylic acids is 1. The van der Waals surface area contributed by atoms with Crippen LogP contribution in [0.1, 0.15) is 19.3 Å². The molecule has 0 bridgehead atoms. The van der Waals surface area contributed by atoms with Gasteiger partial charge in [-0.25, -0.2) is 0 Å². The van der Waals surface area contributed by atoms with Gasteiger partial charge in [-0.2, -0.15) is 0 Å². The van der Waals surface area contributed by atoms with Crippen molar-refractivity contribution in [3.8, 4) is 0 Å². The minimum atomic E-state index is -0.753. The fourth-order valence-corrected chi connectivity index (χ4v) is 2.28. The van der Waals surface area contributed by atoms with E-state index in [9.17, 15) is 9.59 Å². The van der Waals surface area contributed by atoms with E-state index < -0.39 is 5.97 Å². The topological polar surface area (TPSA) is 83.6 Å². The molecule has 3 unspecified atom stereocenters. The molecule has 3 N–H and O–H groups in total. The van der Waals surface area contributed by atoms with Gasteiger partial charge < -0.3 is 10.8 Å². The molecule has 1 saturated heterocycles. The molecule has 1 saturated carbocycles. The predicted molar refractivity (Wildman–Crippen MR) is 48.5 cm³/mol. The van der Waals surface area contributed by atoms with Gasteiger partial charge in [0.1, 0.15) is 0 Å². The monoisotopic (exact) mass is 198 g/mol. The summed E-state index contributed by atoms with van der Waals surface area (Å²) in [4.78, 5) is 23.7. The van der Waals surface area contributed by atoms with Crippen LogP contribution in [-0.4, -0.2) is 40.5 Å². The van der Waals surface area contributed by atoms with Gasteiger partial charge in [0.05, 0.1) is 12.0 Å². The zero-order chi connectivity index (χ0) is 10.3. The highest BCUT2D eigenvalue weighted by atomic mass is 16.4. The van der Waals surface area contributed by atoms with Gasteiger partial charge in [0, 0.05) is 12.6 Å². The Morgan fingerprint density at radius 3 is 2.29 bits per heavy atom. The number of likely N-dealkylation sites (tertiary alicyclic amines) is 1. The van der Waals surface area contributed by atoms with Crippen LogP contribution >= 0.6 is 0 Å². The van der Waals surface area contributed by atoms with Gasteiger partial charge in [0.15, 0.2) is 0 Å². The average Bonchev–Trinajstić information content (AvgIpc) is 1.92. The molecule has 0 radical (unpaired) electrons. The maximum Gasteiger partial charge on any atom is 0.308 e. The molecule has 3 atom stereocenters. The molecule has 0 aromatic heterocycles. The minimum absolute atomic E-state index is 0.0405. The van der Waals surface area contributed by atoms with E-state index in [1.165, 1.54) is 0 Å². The number of rotatable bonds is 3. The van der Waals surface area contributed by atoms with Crippen molar-refractivity contribution >= 4 is 11.9 Å². The van der Waals surface area contributed by atoms with E-state index >= 15 is 0 Å². The third kappa shape index (κ3) is 1.28. The van der Waals surface area contributed by atoms with Gasteiger partial charge in [-0.3, -0.25) is 14.5 Å². The number of hydrogen-bond acceptors (Lipinski definition) is 3. The molecule has 2 fully saturated rings. The van der Waals surface area contributed by atoms with Gasteiger partial charge in [-0.1, -0.05) is 0 Å². The van der Waals surface area contributed by atoms with Crippen LogP contribution in [-0.2, 0) is 9.59 Å². The molecule has 5 heteroatoms. The third-order valence-corrected chi connectivity index (χ3v) is 3.37. The lowest BCUT2D eigenvalue weighted by atomic mass is 9.76. The van der Waals surface area contributed by atoms with Crippen LogP contribution in [0, 0.1) is 5.92 Å². The number of hydrogen-bond donors (Lipinski definition) is 2. The summed E-state index contributed by atoms with van der Waals surface area (Å²) in [7, 11) is 0. The maximum absolute atomic E-state index is 10.9. The summed E-state index contributed by atoms with van der Waals surface area (Å²) in [5.41, 5.74) is 5.20. The Morgan fingerprint density at radius 1 is 1.29 bits per heavy atom. The number of primary amides is 1. The molecule has 1 heterocycles. The summed E-state index contributed by atoms with van der Waals surface area (Å²) in [5, 5.41) is 8.85. The molecule has 78 valence electrons. The van der Waals surface area contributed by atoms with Gasteiger partial charge in [-0.15, -0.1) is 0 Å². The predicted octanol–water partition coefficient (Wildman–Crippen LogP) is -0.591. The Bertz CT molecular complexity index is 251. The first-order valence-electron chi connectivity index (χ1n) is 4.89. The summed E-state index contributed by atoms with van der Waals surface area (Å²) in [6.07, 6.45) is 2.38. The second-order valence-electron chi connectivity index (χ2n) is 4.03. The summed E-state index contributed by atoms with van der Waals surface area (Å²) in [6.45, 7) is 0.808. The molecule has 1 aliphatic heterocycles. The first kappa shape index (κ1) is 9.45. The highest BCUT2D eigenvalue weighted by Gasteiger charge is 2.47. The third-order valence-electron chi connectivity index (χ3n) is 3.37. The van der Waals surface area contributed by atoms with Crippen molar-refractivity contribution in [1.82, 2.24) is 4.90 Å². The Morgan fingerprint density at radius 2 is 2.00 bits per heavy atom. The largest absolute Gasteiger partial charge is 0.481 e. The van der Waals surface area contributed by atoms with E-state index in [-0.39, 0.29) is 23.9 Å². The SMILES string of the molecule is NC(=O)C1CCN1C1CCC1C(=O)O. The molecule has 0 spiro atoms. The van der Waals surface area contributed by atoms with Crippen LogP contribution in [0.5, 0.6) is 0 Å². The molecule has 14 heavy (non-hydrogen) atoms. The molecule has 2 rings (SSSR count). The lowest BCUT2D eigenvalue weighted by molar-refractivity contribution is -0.155. The Hall–Kier alpha value is -1.10. The van der Waals surface area contributed by atoms with Crippen molar-refractivity contribution in [3.05, 3.63) is 0 Å². The lowest BCUT2D eigenvalue weighted by Gasteiger charge is -2.50. The Balaban J connectivity index is 1.96. The maximum atomic E-state index is 10.9. The van der Waals surface area contributed by atoms with Crippen LogP contribution in [0.3, 0.4) is 0 Å². The lowest BCUT2D eigenvalue weighted by Crippen LogP contribution is -2.63. The standard InChI is InChI=1S/C9H14N2O3/c10-8(12)7-3-4-11(7)6-2-1-5(6)9(13)14/h5-7H,1-4H2,(H2,10,12)(H,13,14). The highest BCUT2D eigenvalue weighted by Crippen LogP contribution is 2.37. The van der Waals surface area contributed by atoms with Gasteiger partial charge in [-0.05, 0) is 19.3 Å². The van der Waals surface area contributed by atoms with Crippen molar-refractivity contribution < 1.29 is 14.7 Å². The average molecular weight is 198 g/mol. The first-order chi connectivity index (χ1) is 6.61. The van der Waals surface area contributed by atoms with Crippen molar-refractivity contribution in [3.63, 3.8) is 0 Å². The molecule has 0 aromatic carbocycles. The van der Waals surface area contributed by atoms with Crippen molar-refractivity contribution in [2.45, 2.75) is 31.3 Å². The molecule has 0 aromatic rings. The van der Waals surface area contributed by atoms with Gasteiger partial charge >= 0.3 is 5.97 Å². The molecule has 1 amide bonds. The quantitative estimate of drug-likeness (QED) is 0.634. The van der Waals surface area contributed by atoms with Gasteiger partial charge in [0.2, 0.25) is 5.91 Å². The molecule has 5 nitrogen and oxygen atoms in total. The molecular formula is C9H14N2O3. The van der Waals surface area contributed by atoms with E-state index in [4.69, 9.17) is 10.8 Å². The van der Waals surface area contributed by atoms with E-state index in [0.29, 0.717) is 0 Å². The van der Waals surface area contributed by atoms with Crippen molar-refractivity contribution in [2.75, 3.05) is 6.54 Å². The smallest absolute Gasteiger partial charge is 0.308 e. The number of carbonyl (C=O) groups is 2. The summed E-state index contributed by atoms with van der Waals surface area (Å²) < 4.78 is 0. The van der Waals surface area contributed by atoms with Crippen molar-refractivity contribution in [1.29, 1.82) is 0 Å². The fraction of sp³-hybridized carbons (Fsp3) is 0.778. The van der Waals surface area contributed by atoms with Crippen LogP contribution in [0.25, 0.3) is 0 Å². The zero-order valence-electron chi connectivity index (χ0n) is 7.85. The normalized spacial score (nSPS) is 37.0. The first-order valence-corrected chi connectivity index (χ1v) is 4.89. The summed E-state index contributed by atoms with van der Waals surface area (Å²) >= 11 is 0. The van der Waals surface area contributed by atoms with Crippen LogP contribution in [0.15, 0.2) is 0 Å². The van der Waals surface area contributed by atoms with Crippen molar-refractivity contribution in [2.24, 2.45) is 11.7 Å². The van der Waals surface area contributed by atoms with Crippen LogP contribution in [0.2, 0.25) is 0 Å². The second-order valence-corrected chi connectivity index (χ2v) is 4.03. The number of carboxylic acids is 1. The number of nitrogens with two attached hydrogens (primary N) is 1. The zero-order valence-corrected chi connectivity index (χ0v) is 7.85. The summed E-state index contributed by atoms with van der Waals surface area (Å²) in [5.74, 6) is -1.37. The Kier molecular flexibility index (Phi) is 2.19.